The number of nitrogens with zero attached hydrogens (tertiary/aromatic N) is 2. The molecule has 0 amide bonds. The summed E-state index contributed by atoms with van der Waals surface area (Å²) in [5.74, 6) is 0. The van der Waals surface area contributed by atoms with Crippen molar-refractivity contribution in [1.29, 1.82) is 0 Å². The van der Waals surface area contributed by atoms with Crippen LogP contribution in [0.4, 0.5) is 17.1 Å². The van der Waals surface area contributed by atoms with Gasteiger partial charge in [0, 0.05) is 44.7 Å². The lowest BCUT2D eigenvalue weighted by atomic mass is 9.94. The Hall–Kier alpha value is -8.14. The smallest absolute Gasteiger partial charge is 0.138 e. The predicted octanol–water partition coefficient (Wildman–Crippen LogP) is 16.3. The topological polar surface area (TPSA) is 21.3 Å². The largest absolute Gasteiger partial charge is 0.456 e. The number of aromatic nitrogens is 1. The van der Waals surface area contributed by atoms with Gasteiger partial charge in [0.2, 0.25) is 0 Å². The molecule has 3 nitrogen and oxygen atoms in total. The molecule has 0 spiro atoms. The van der Waals surface area contributed by atoms with E-state index in [1.54, 1.807) is 0 Å². The molecule has 0 N–H and O–H groups in total. The third-order valence-electron chi connectivity index (χ3n) is 12.2. The minimum Gasteiger partial charge on any atom is -0.456 e. The Kier molecular flexibility index (Phi) is 8.17. The lowest BCUT2D eigenvalue weighted by Crippen LogP contribution is -2.10. The molecule has 0 saturated carbocycles. The fourth-order valence-corrected chi connectivity index (χ4v) is 9.32. The summed E-state index contributed by atoms with van der Waals surface area (Å²) in [4.78, 5) is 2.36. The Balaban J connectivity index is 1.12. The zero-order valence-corrected chi connectivity index (χ0v) is 33.2. The first kappa shape index (κ1) is 34.9. The van der Waals surface area contributed by atoms with Crippen molar-refractivity contribution in [1.82, 2.24) is 4.57 Å². The van der Waals surface area contributed by atoms with Crippen LogP contribution in [0.25, 0.3) is 93.6 Å². The summed E-state index contributed by atoms with van der Waals surface area (Å²) in [6, 6.07) is 82.8. The van der Waals surface area contributed by atoms with Crippen LogP contribution in [0, 0.1) is 0 Å². The van der Waals surface area contributed by atoms with Gasteiger partial charge in [0.05, 0.1) is 16.7 Å². The van der Waals surface area contributed by atoms with E-state index in [4.69, 9.17) is 4.42 Å². The van der Waals surface area contributed by atoms with Crippen LogP contribution in [-0.2, 0) is 0 Å². The van der Waals surface area contributed by atoms with Crippen molar-refractivity contribution in [2.45, 2.75) is 0 Å². The third-order valence-corrected chi connectivity index (χ3v) is 12.2. The van der Waals surface area contributed by atoms with Gasteiger partial charge in [-0.05, 0) is 111 Å². The third kappa shape index (κ3) is 5.90. The second kappa shape index (κ2) is 14.3. The number of hydrogen-bond donors (Lipinski definition) is 0. The molecule has 0 aliphatic carbocycles. The van der Waals surface area contributed by atoms with E-state index in [1.807, 2.05) is 0 Å². The van der Waals surface area contributed by atoms with Crippen molar-refractivity contribution >= 4 is 71.6 Å². The summed E-state index contributed by atoms with van der Waals surface area (Å²) in [5, 5.41) is 7.04. The maximum atomic E-state index is 6.93. The molecule has 0 saturated heterocycles. The average Bonchev–Trinajstić information content (AvgIpc) is 3.89. The van der Waals surface area contributed by atoms with Gasteiger partial charge in [-0.3, -0.25) is 0 Å². The minimum atomic E-state index is 0.845. The zero-order valence-electron chi connectivity index (χ0n) is 33.2. The van der Waals surface area contributed by atoms with Crippen LogP contribution < -0.4 is 4.90 Å². The summed E-state index contributed by atoms with van der Waals surface area (Å²) in [7, 11) is 0. The molecular formula is C58H38N2O. The molecule has 3 heteroatoms. The van der Waals surface area contributed by atoms with E-state index in [1.165, 1.54) is 54.8 Å². The van der Waals surface area contributed by atoms with Crippen molar-refractivity contribution < 1.29 is 4.42 Å². The molecule has 2 aromatic heterocycles. The van der Waals surface area contributed by atoms with Crippen LogP contribution in [0.5, 0.6) is 0 Å². The molecule has 2 heterocycles. The summed E-state index contributed by atoms with van der Waals surface area (Å²) in [6.07, 6.45) is 0. The van der Waals surface area contributed by atoms with E-state index >= 15 is 0 Å². The van der Waals surface area contributed by atoms with Gasteiger partial charge in [-0.2, -0.15) is 0 Å². The molecule has 0 unspecified atom stereocenters. The number of rotatable bonds is 7. The first-order valence-corrected chi connectivity index (χ1v) is 20.8. The van der Waals surface area contributed by atoms with Gasteiger partial charge in [-0.25, -0.2) is 0 Å². The van der Waals surface area contributed by atoms with Gasteiger partial charge >= 0.3 is 0 Å². The van der Waals surface area contributed by atoms with Gasteiger partial charge in [-0.1, -0.05) is 158 Å². The monoisotopic (exact) mass is 778 g/mol. The van der Waals surface area contributed by atoms with Crippen molar-refractivity contribution in [3.05, 3.63) is 231 Å². The Morgan fingerprint density at radius 1 is 0.328 bits per heavy atom. The number of anilines is 3. The molecule has 0 fully saturated rings. The summed E-state index contributed by atoms with van der Waals surface area (Å²) >= 11 is 0. The fraction of sp³-hybridized carbons (Fsp3) is 0. The van der Waals surface area contributed by atoms with Gasteiger partial charge in [0.1, 0.15) is 11.2 Å². The van der Waals surface area contributed by atoms with E-state index in [2.05, 4.69) is 240 Å². The Labute approximate surface area is 353 Å². The summed E-state index contributed by atoms with van der Waals surface area (Å²) < 4.78 is 9.30. The zero-order chi connectivity index (χ0) is 40.3. The Morgan fingerprint density at radius 3 is 1.54 bits per heavy atom. The lowest BCUT2D eigenvalue weighted by molar-refractivity contribution is 0.669. The Morgan fingerprint density at radius 2 is 0.869 bits per heavy atom. The van der Waals surface area contributed by atoms with E-state index in [9.17, 15) is 0 Å². The first-order chi connectivity index (χ1) is 30.2. The first-order valence-electron chi connectivity index (χ1n) is 20.8. The maximum absolute atomic E-state index is 6.93. The van der Waals surface area contributed by atoms with Gasteiger partial charge in [0.15, 0.2) is 0 Å². The lowest BCUT2D eigenvalue weighted by Gasteiger charge is -2.27. The second-order valence-electron chi connectivity index (χ2n) is 15.7. The number of furan rings is 1. The van der Waals surface area contributed by atoms with Gasteiger partial charge in [-0.15, -0.1) is 0 Å². The molecule has 61 heavy (non-hydrogen) atoms. The van der Waals surface area contributed by atoms with E-state index in [-0.39, 0.29) is 0 Å². The molecule has 12 aromatic rings. The molecule has 12 rings (SSSR count). The van der Waals surface area contributed by atoms with E-state index < -0.39 is 0 Å². The van der Waals surface area contributed by atoms with Crippen LogP contribution in [0.15, 0.2) is 235 Å². The molecule has 286 valence electrons. The number of hydrogen-bond acceptors (Lipinski definition) is 2. The van der Waals surface area contributed by atoms with Crippen molar-refractivity contribution in [3.63, 3.8) is 0 Å². The molecule has 10 aromatic carbocycles. The number of fused-ring (bicyclic) bond motifs is 8. The molecule has 0 bridgehead atoms. The summed E-state index contributed by atoms with van der Waals surface area (Å²) in [5.41, 5.74) is 15.3. The highest BCUT2D eigenvalue weighted by atomic mass is 16.3. The highest BCUT2D eigenvalue weighted by molar-refractivity contribution is 6.24. The molecule has 0 radical (unpaired) electrons. The van der Waals surface area contributed by atoms with Crippen molar-refractivity contribution in [2.75, 3.05) is 4.90 Å². The van der Waals surface area contributed by atoms with Crippen LogP contribution in [0.1, 0.15) is 0 Å². The average molecular weight is 779 g/mol. The van der Waals surface area contributed by atoms with Crippen molar-refractivity contribution in [3.8, 4) is 39.1 Å². The Bertz CT molecular complexity index is 3470. The van der Waals surface area contributed by atoms with Crippen LogP contribution in [-0.4, -0.2) is 4.57 Å². The summed E-state index contributed by atoms with van der Waals surface area (Å²) in [6.45, 7) is 0. The number of para-hydroxylation sites is 2. The van der Waals surface area contributed by atoms with Crippen LogP contribution in [0.2, 0.25) is 0 Å². The predicted molar refractivity (Wildman–Crippen MR) is 257 cm³/mol. The van der Waals surface area contributed by atoms with Crippen LogP contribution in [0.3, 0.4) is 0 Å². The SMILES string of the molecule is c1ccc(-c2ccc(N(c3ccc(-c4ccccc4)cc3)c3cc(-c4ccc5c(c4)c4ccccc4n5-c4ccccc4)c4c(c3)oc3ccc5ccccc5c34)cc2)cc1. The molecule has 0 aliphatic rings. The second-order valence-corrected chi connectivity index (χ2v) is 15.7. The molecule has 0 aliphatic heterocycles. The fourth-order valence-electron chi connectivity index (χ4n) is 9.32. The maximum Gasteiger partial charge on any atom is 0.138 e. The van der Waals surface area contributed by atoms with Crippen molar-refractivity contribution in [2.24, 2.45) is 0 Å². The highest BCUT2D eigenvalue weighted by Crippen LogP contribution is 2.47. The number of benzene rings is 10. The molecular weight excluding hydrogens is 741 g/mol. The van der Waals surface area contributed by atoms with E-state index in [0.29, 0.717) is 0 Å². The highest BCUT2D eigenvalue weighted by Gasteiger charge is 2.22. The normalized spacial score (nSPS) is 11.6. The quantitative estimate of drug-likeness (QED) is 0.161. The standard InChI is InChI=1S/C58H38N2O/c1-4-14-39(15-5-1)41-24-30-46(31-25-41)59(47-32-26-42(27-33-47)40-16-6-2-7-17-40)48-37-51(58-56(38-48)61-55-35-29-43-18-10-11-21-49(43)57(55)58)44-28-34-54-52(36-44)50-22-12-13-23-53(50)60(54)45-19-8-3-9-20-45/h1-38H. The van der Waals surface area contributed by atoms with Crippen LogP contribution >= 0.6 is 0 Å². The van der Waals surface area contributed by atoms with Gasteiger partial charge < -0.3 is 13.9 Å². The van der Waals surface area contributed by atoms with E-state index in [0.717, 1.165) is 55.8 Å². The van der Waals surface area contributed by atoms with Gasteiger partial charge in [0.25, 0.3) is 0 Å². The minimum absolute atomic E-state index is 0.845. The molecule has 0 atom stereocenters.